The summed E-state index contributed by atoms with van der Waals surface area (Å²) < 4.78 is 10.9. The van der Waals surface area contributed by atoms with Crippen molar-refractivity contribution in [2.75, 3.05) is 33.9 Å². The Morgan fingerprint density at radius 1 is 0.714 bits per heavy atom. The molecule has 1 heterocycles. The SMILES string of the molecule is COc1ccc(C(c2ccccc2)(c2ccc(OC)cc2)C2CN(C(C)O)CCN2C(C)O)cc1. The summed E-state index contributed by atoms with van der Waals surface area (Å²) in [6.45, 7) is 5.52. The number of piperazine rings is 1. The fourth-order valence-corrected chi connectivity index (χ4v) is 5.48. The normalized spacial score (nSPS) is 19.2. The van der Waals surface area contributed by atoms with Crippen LogP contribution in [0.4, 0.5) is 0 Å². The van der Waals surface area contributed by atoms with Crippen LogP contribution in [0.2, 0.25) is 0 Å². The third-order valence-corrected chi connectivity index (χ3v) is 7.28. The van der Waals surface area contributed by atoms with Crippen LogP contribution in [0, 0.1) is 0 Å². The van der Waals surface area contributed by atoms with Crippen molar-refractivity contribution < 1.29 is 19.7 Å². The molecule has 0 radical (unpaired) electrons. The minimum Gasteiger partial charge on any atom is -0.497 e. The molecule has 0 aromatic heterocycles. The van der Waals surface area contributed by atoms with Gasteiger partial charge in [0, 0.05) is 25.7 Å². The van der Waals surface area contributed by atoms with E-state index in [0.29, 0.717) is 19.6 Å². The Bertz CT molecular complexity index is 1020. The highest BCUT2D eigenvalue weighted by molar-refractivity contribution is 5.54. The number of aliphatic hydroxyl groups is 2. The average Bonchev–Trinajstić information content (AvgIpc) is 2.90. The number of hydrogen-bond donors (Lipinski definition) is 2. The van der Waals surface area contributed by atoms with E-state index < -0.39 is 17.9 Å². The standard InChI is InChI=1S/C29H36N2O4/c1-21(32)30-18-19-31(22(2)33)28(20-30)29(23-8-6-5-7-9-23,24-10-14-26(34-3)15-11-24)25-12-16-27(35-4)17-13-25/h5-17,21-22,28,32-33H,18-20H2,1-4H3. The zero-order chi connectivity index (χ0) is 25.0. The molecule has 1 saturated heterocycles. The predicted octanol–water partition coefficient (Wildman–Crippen LogP) is 3.70. The van der Waals surface area contributed by atoms with Gasteiger partial charge >= 0.3 is 0 Å². The van der Waals surface area contributed by atoms with Gasteiger partial charge in [0.2, 0.25) is 0 Å². The molecule has 3 unspecified atom stereocenters. The summed E-state index contributed by atoms with van der Waals surface area (Å²) in [6.07, 6.45) is -1.25. The maximum atomic E-state index is 10.9. The summed E-state index contributed by atoms with van der Waals surface area (Å²) in [5.41, 5.74) is 2.62. The molecule has 6 heteroatoms. The van der Waals surface area contributed by atoms with Crippen LogP contribution in [0.3, 0.4) is 0 Å². The molecule has 6 nitrogen and oxygen atoms in total. The smallest absolute Gasteiger partial charge is 0.118 e. The second-order valence-corrected chi connectivity index (χ2v) is 9.14. The second kappa shape index (κ2) is 10.8. The van der Waals surface area contributed by atoms with Gasteiger partial charge in [0.25, 0.3) is 0 Å². The minimum atomic E-state index is -0.657. The highest BCUT2D eigenvalue weighted by Gasteiger charge is 2.49. The Kier molecular flexibility index (Phi) is 7.77. The van der Waals surface area contributed by atoms with Crippen molar-refractivity contribution in [3.63, 3.8) is 0 Å². The molecular weight excluding hydrogens is 440 g/mol. The molecule has 3 aromatic rings. The summed E-state index contributed by atoms with van der Waals surface area (Å²) in [6, 6.07) is 26.6. The maximum absolute atomic E-state index is 10.9. The van der Waals surface area contributed by atoms with Gasteiger partial charge in [-0.15, -0.1) is 0 Å². The quantitative estimate of drug-likeness (QED) is 0.484. The van der Waals surface area contributed by atoms with E-state index in [1.165, 1.54) is 0 Å². The van der Waals surface area contributed by atoms with Crippen molar-refractivity contribution in [3.8, 4) is 11.5 Å². The number of methoxy groups -OCH3 is 2. The first kappa shape index (κ1) is 25.2. The zero-order valence-corrected chi connectivity index (χ0v) is 21.0. The van der Waals surface area contributed by atoms with Crippen LogP contribution in [-0.2, 0) is 5.41 Å². The van der Waals surface area contributed by atoms with E-state index in [4.69, 9.17) is 9.47 Å². The lowest BCUT2D eigenvalue weighted by Crippen LogP contribution is -2.65. The molecule has 1 aliphatic rings. The Balaban J connectivity index is 2.04. The van der Waals surface area contributed by atoms with Crippen LogP contribution < -0.4 is 9.47 Å². The van der Waals surface area contributed by atoms with Gasteiger partial charge in [-0.2, -0.15) is 0 Å². The largest absolute Gasteiger partial charge is 0.497 e. The Labute approximate surface area is 208 Å². The molecule has 1 fully saturated rings. The molecule has 186 valence electrons. The van der Waals surface area contributed by atoms with Crippen molar-refractivity contribution >= 4 is 0 Å². The number of ether oxygens (including phenoxy) is 2. The molecule has 35 heavy (non-hydrogen) atoms. The fraction of sp³-hybridized carbons (Fsp3) is 0.379. The number of aliphatic hydroxyl groups excluding tert-OH is 2. The van der Waals surface area contributed by atoms with Gasteiger partial charge in [-0.1, -0.05) is 54.6 Å². The van der Waals surface area contributed by atoms with Gasteiger partial charge < -0.3 is 19.7 Å². The van der Waals surface area contributed by atoms with Crippen molar-refractivity contribution in [1.29, 1.82) is 0 Å². The molecule has 3 aromatic carbocycles. The van der Waals surface area contributed by atoms with Crippen LogP contribution in [0.15, 0.2) is 78.9 Å². The lowest BCUT2D eigenvalue weighted by atomic mass is 9.63. The van der Waals surface area contributed by atoms with Gasteiger partial charge in [0.05, 0.1) is 19.6 Å². The number of nitrogens with zero attached hydrogens (tertiary/aromatic N) is 2. The molecule has 0 amide bonds. The monoisotopic (exact) mass is 476 g/mol. The molecule has 4 rings (SSSR count). The highest BCUT2D eigenvalue weighted by atomic mass is 16.5. The van der Waals surface area contributed by atoms with Crippen LogP contribution in [0.1, 0.15) is 30.5 Å². The van der Waals surface area contributed by atoms with Gasteiger partial charge in [-0.05, 0) is 54.8 Å². The first-order chi connectivity index (χ1) is 16.9. The van der Waals surface area contributed by atoms with Crippen LogP contribution in [0.5, 0.6) is 11.5 Å². The lowest BCUT2D eigenvalue weighted by Gasteiger charge is -2.53. The summed E-state index contributed by atoms with van der Waals surface area (Å²) in [7, 11) is 3.33. The molecule has 0 saturated carbocycles. The minimum absolute atomic E-state index is 0.171. The van der Waals surface area contributed by atoms with Crippen LogP contribution in [0.25, 0.3) is 0 Å². The van der Waals surface area contributed by atoms with Crippen LogP contribution >= 0.6 is 0 Å². The van der Waals surface area contributed by atoms with E-state index in [0.717, 1.165) is 28.2 Å². The molecule has 0 aliphatic carbocycles. The fourth-order valence-electron chi connectivity index (χ4n) is 5.48. The van der Waals surface area contributed by atoms with E-state index in [-0.39, 0.29) is 6.04 Å². The second-order valence-electron chi connectivity index (χ2n) is 9.14. The molecule has 2 N–H and O–H groups in total. The molecule has 1 aliphatic heterocycles. The van der Waals surface area contributed by atoms with Gasteiger partial charge in [0.1, 0.15) is 24.0 Å². The first-order valence-corrected chi connectivity index (χ1v) is 12.1. The molecule has 0 spiro atoms. The summed E-state index contributed by atoms with van der Waals surface area (Å²) >= 11 is 0. The summed E-state index contributed by atoms with van der Waals surface area (Å²) in [4.78, 5) is 4.23. The van der Waals surface area contributed by atoms with E-state index in [9.17, 15) is 10.2 Å². The Morgan fingerprint density at radius 2 is 1.20 bits per heavy atom. The van der Waals surface area contributed by atoms with Crippen molar-refractivity contribution in [1.82, 2.24) is 9.80 Å². The zero-order valence-electron chi connectivity index (χ0n) is 21.0. The molecular formula is C29H36N2O4. The third kappa shape index (κ3) is 4.80. The van der Waals surface area contributed by atoms with Crippen molar-refractivity contribution in [2.45, 2.75) is 37.8 Å². The number of rotatable bonds is 8. The summed E-state index contributed by atoms with van der Waals surface area (Å²) in [5, 5.41) is 21.5. The summed E-state index contributed by atoms with van der Waals surface area (Å²) in [5.74, 6) is 1.57. The topological polar surface area (TPSA) is 65.4 Å². The maximum Gasteiger partial charge on any atom is 0.118 e. The highest BCUT2D eigenvalue weighted by Crippen LogP contribution is 2.46. The molecule has 3 atom stereocenters. The van der Waals surface area contributed by atoms with Gasteiger partial charge in [-0.3, -0.25) is 9.80 Å². The average molecular weight is 477 g/mol. The lowest BCUT2D eigenvalue weighted by molar-refractivity contribution is -0.0963. The van der Waals surface area contributed by atoms with Crippen LogP contribution in [-0.4, -0.2) is 72.4 Å². The number of hydrogen-bond acceptors (Lipinski definition) is 6. The number of benzene rings is 3. The third-order valence-electron chi connectivity index (χ3n) is 7.28. The van der Waals surface area contributed by atoms with Gasteiger partial charge in [-0.25, -0.2) is 0 Å². The van der Waals surface area contributed by atoms with E-state index >= 15 is 0 Å². The molecule has 0 bridgehead atoms. The van der Waals surface area contributed by atoms with E-state index in [2.05, 4.69) is 58.3 Å². The Hall–Kier alpha value is -2.90. The Morgan fingerprint density at radius 3 is 1.63 bits per heavy atom. The van der Waals surface area contributed by atoms with Gasteiger partial charge in [0.15, 0.2) is 0 Å². The van der Waals surface area contributed by atoms with E-state index in [1.54, 1.807) is 21.1 Å². The van der Waals surface area contributed by atoms with E-state index in [1.807, 2.05) is 37.3 Å². The van der Waals surface area contributed by atoms with Crippen molar-refractivity contribution in [2.24, 2.45) is 0 Å². The van der Waals surface area contributed by atoms with Crippen molar-refractivity contribution in [3.05, 3.63) is 95.6 Å². The first-order valence-electron chi connectivity index (χ1n) is 12.1. The predicted molar refractivity (Wildman–Crippen MR) is 138 cm³/mol.